The smallest absolute Gasteiger partial charge is 0.321 e. The molecular weight excluding hydrogens is 230 g/mol. The molecular formula is C10H13NO2S2. The Morgan fingerprint density at radius 1 is 1.67 bits per heavy atom. The molecule has 5 heteroatoms. The SMILES string of the molecule is CC1SCC(C(=O)O)NC1c1ccsc1. The van der Waals surface area contributed by atoms with Crippen LogP contribution >= 0.6 is 23.1 Å². The number of aliphatic carboxylic acids is 1. The van der Waals surface area contributed by atoms with Crippen LogP contribution in [0.3, 0.4) is 0 Å². The lowest BCUT2D eigenvalue weighted by Crippen LogP contribution is -2.47. The molecule has 3 nitrogen and oxygen atoms in total. The third kappa shape index (κ3) is 2.35. The average molecular weight is 243 g/mol. The summed E-state index contributed by atoms with van der Waals surface area (Å²) in [5.74, 6) is -0.105. The molecule has 82 valence electrons. The maximum absolute atomic E-state index is 10.9. The van der Waals surface area contributed by atoms with E-state index < -0.39 is 12.0 Å². The number of hydrogen-bond donors (Lipinski definition) is 2. The number of carboxylic acids is 1. The second kappa shape index (κ2) is 4.55. The van der Waals surface area contributed by atoms with Crippen LogP contribution in [0.5, 0.6) is 0 Å². The molecule has 0 radical (unpaired) electrons. The second-order valence-corrected chi connectivity index (χ2v) is 5.82. The minimum Gasteiger partial charge on any atom is -0.480 e. The van der Waals surface area contributed by atoms with E-state index in [1.54, 1.807) is 23.1 Å². The van der Waals surface area contributed by atoms with E-state index in [4.69, 9.17) is 5.11 Å². The maximum atomic E-state index is 10.9. The Bertz CT molecular complexity index is 339. The molecule has 0 spiro atoms. The van der Waals surface area contributed by atoms with E-state index in [1.165, 1.54) is 5.56 Å². The minimum absolute atomic E-state index is 0.163. The molecule has 1 aliphatic rings. The lowest BCUT2D eigenvalue weighted by Gasteiger charge is -2.33. The molecule has 0 amide bonds. The summed E-state index contributed by atoms with van der Waals surface area (Å²) in [6.45, 7) is 2.14. The molecule has 1 saturated heterocycles. The molecule has 2 heterocycles. The molecule has 1 aromatic rings. The molecule has 3 atom stereocenters. The van der Waals surface area contributed by atoms with Crippen molar-refractivity contribution >= 4 is 29.1 Å². The van der Waals surface area contributed by atoms with E-state index in [0.717, 1.165) is 0 Å². The Labute approximate surface area is 96.9 Å². The van der Waals surface area contributed by atoms with Crippen molar-refractivity contribution in [2.24, 2.45) is 0 Å². The number of nitrogens with one attached hydrogen (secondary N) is 1. The van der Waals surface area contributed by atoms with Gasteiger partial charge in [0, 0.05) is 17.0 Å². The fourth-order valence-corrected chi connectivity index (χ4v) is 3.57. The highest BCUT2D eigenvalue weighted by Gasteiger charge is 2.32. The first-order valence-corrected chi connectivity index (χ1v) is 6.80. The standard InChI is InChI=1S/C10H13NO2S2/c1-6-9(7-2-3-14-4-7)11-8(5-15-6)10(12)13/h2-4,6,8-9,11H,5H2,1H3,(H,12,13). The molecule has 0 aromatic carbocycles. The summed E-state index contributed by atoms with van der Waals surface area (Å²) in [4.78, 5) is 10.9. The number of thiophene rings is 1. The Morgan fingerprint density at radius 2 is 2.47 bits per heavy atom. The minimum atomic E-state index is -0.755. The van der Waals surface area contributed by atoms with Crippen molar-refractivity contribution < 1.29 is 9.90 Å². The zero-order valence-electron chi connectivity index (χ0n) is 8.34. The lowest BCUT2D eigenvalue weighted by molar-refractivity contribution is -0.139. The zero-order chi connectivity index (χ0) is 10.8. The molecule has 0 saturated carbocycles. The summed E-state index contributed by atoms with van der Waals surface area (Å²) in [6, 6.07) is 1.80. The van der Waals surface area contributed by atoms with Gasteiger partial charge in [-0.25, -0.2) is 0 Å². The fraction of sp³-hybridized carbons (Fsp3) is 0.500. The molecule has 15 heavy (non-hydrogen) atoms. The van der Waals surface area contributed by atoms with Crippen molar-refractivity contribution in [3.63, 3.8) is 0 Å². The second-order valence-electron chi connectivity index (χ2n) is 3.63. The van der Waals surface area contributed by atoms with E-state index >= 15 is 0 Å². The largest absolute Gasteiger partial charge is 0.480 e. The summed E-state index contributed by atoms with van der Waals surface area (Å²) in [5.41, 5.74) is 1.20. The van der Waals surface area contributed by atoms with Gasteiger partial charge in [0.05, 0.1) is 0 Å². The number of hydrogen-bond acceptors (Lipinski definition) is 4. The van der Waals surface area contributed by atoms with Crippen LogP contribution in [-0.4, -0.2) is 28.1 Å². The highest BCUT2D eigenvalue weighted by atomic mass is 32.2. The van der Waals surface area contributed by atoms with Gasteiger partial charge in [0.25, 0.3) is 0 Å². The van der Waals surface area contributed by atoms with Gasteiger partial charge in [0.15, 0.2) is 0 Å². The summed E-state index contributed by atoms with van der Waals surface area (Å²) in [5, 5.41) is 16.7. The van der Waals surface area contributed by atoms with Crippen molar-refractivity contribution in [1.29, 1.82) is 0 Å². The van der Waals surface area contributed by atoms with Gasteiger partial charge >= 0.3 is 5.97 Å². The Balaban J connectivity index is 2.12. The van der Waals surface area contributed by atoms with E-state index in [0.29, 0.717) is 11.0 Å². The normalized spacial score (nSPS) is 31.4. The molecule has 0 bridgehead atoms. The fourth-order valence-electron chi connectivity index (χ4n) is 1.71. The molecule has 3 unspecified atom stereocenters. The predicted molar refractivity (Wildman–Crippen MR) is 63.5 cm³/mol. The van der Waals surface area contributed by atoms with Gasteiger partial charge in [-0.15, -0.1) is 0 Å². The van der Waals surface area contributed by atoms with Gasteiger partial charge in [-0.05, 0) is 22.4 Å². The third-order valence-electron chi connectivity index (χ3n) is 2.58. The van der Waals surface area contributed by atoms with E-state index in [-0.39, 0.29) is 6.04 Å². The average Bonchev–Trinajstić information content (AvgIpc) is 2.71. The summed E-state index contributed by atoms with van der Waals surface area (Å²) in [6.07, 6.45) is 0. The third-order valence-corrected chi connectivity index (χ3v) is 4.60. The number of thioether (sulfide) groups is 1. The Kier molecular flexibility index (Phi) is 3.33. The van der Waals surface area contributed by atoms with Gasteiger partial charge in [-0.3, -0.25) is 10.1 Å². The molecule has 0 aliphatic carbocycles. The van der Waals surface area contributed by atoms with E-state index in [9.17, 15) is 4.79 Å². The number of carbonyl (C=O) groups is 1. The van der Waals surface area contributed by atoms with Gasteiger partial charge in [-0.1, -0.05) is 6.92 Å². The van der Waals surface area contributed by atoms with Crippen LogP contribution in [0.4, 0.5) is 0 Å². The molecule has 1 fully saturated rings. The summed E-state index contributed by atoms with van der Waals surface area (Å²) in [7, 11) is 0. The van der Waals surface area contributed by atoms with Crippen LogP contribution in [0.1, 0.15) is 18.5 Å². The Morgan fingerprint density at radius 3 is 3.07 bits per heavy atom. The van der Waals surface area contributed by atoms with Crippen LogP contribution in [0, 0.1) is 0 Å². The predicted octanol–water partition coefficient (Wildman–Crippen LogP) is 1.97. The Hall–Kier alpha value is -0.520. The topological polar surface area (TPSA) is 49.3 Å². The first-order valence-electron chi connectivity index (χ1n) is 4.81. The molecule has 1 aliphatic heterocycles. The van der Waals surface area contributed by atoms with Crippen molar-refractivity contribution in [2.75, 3.05) is 5.75 Å². The summed E-state index contributed by atoms with van der Waals surface area (Å²) >= 11 is 3.37. The van der Waals surface area contributed by atoms with E-state index in [1.807, 2.05) is 5.38 Å². The lowest BCUT2D eigenvalue weighted by atomic mass is 10.1. The van der Waals surface area contributed by atoms with Crippen LogP contribution < -0.4 is 5.32 Å². The summed E-state index contributed by atoms with van der Waals surface area (Å²) < 4.78 is 0. The highest BCUT2D eigenvalue weighted by Crippen LogP contribution is 2.32. The van der Waals surface area contributed by atoms with Crippen LogP contribution in [0.15, 0.2) is 16.8 Å². The van der Waals surface area contributed by atoms with Gasteiger partial charge in [0.1, 0.15) is 6.04 Å². The highest BCUT2D eigenvalue weighted by molar-refractivity contribution is 8.00. The van der Waals surface area contributed by atoms with Crippen molar-refractivity contribution in [3.8, 4) is 0 Å². The molecule has 2 rings (SSSR count). The quantitative estimate of drug-likeness (QED) is 0.834. The van der Waals surface area contributed by atoms with Crippen LogP contribution in [-0.2, 0) is 4.79 Å². The maximum Gasteiger partial charge on any atom is 0.321 e. The number of carboxylic acid groups (broad SMARTS) is 1. The molecule has 1 aromatic heterocycles. The number of rotatable bonds is 2. The van der Waals surface area contributed by atoms with Gasteiger partial charge in [-0.2, -0.15) is 23.1 Å². The van der Waals surface area contributed by atoms with Crippen molar-refractivity contribution in [3.05, 3.63) is 22.4 Å². The van der Waals surface area contributed by atoms with Crippen LogP contribution in [0.2, 0.25) is 0 Å². The monoisotopic (exact) mass is 243 g/mol. The first kappa shape index (κ1) is 11.0. The van der Waals surface area contributed by atoms with E-state index in [2.05, 4.69) is 23.7 Å². The zero-order valence-corrected chi connectivity index (χ0v) is 9.98. The molecule has 2 N–H and O–H groups in total. The van der Waals surface area contributed by atoms with Gasteiger partial charge < -0.3 is 5.11 Å². The van der Waals surface area contributed by atoms with Crippen molar-refractivity contribution in [2.45, 2.75) is 24.3 Å². The first-order chi connectivity index (χ1) is 7.18. The van der Waals surface area contributed by atoms with Gasteiger partial charge in [0.2, 0.25) is 0 Å². The van der Waals surface area contributed by atoms with Crippen LogP contribution in [0.25, 0.3) is 0 Å². The van der Waals surface area contributed by atoms with Crippen molar-refractivity contribution in [1.82, 2.24) is 5.32 Å².